The van der Waals surface area contributed by atoms with E-state index in [0.717, 1.165) is 11.1 Å². The quantitative estimate of drug-likeness (QED) is 0.651. The third kappa shape index (κ3) is 2.36. The van der Waals surface area contributed by atoms with Crippen molar-refractivity contribution in [3.8, 4) is 0 Å². The lowest BCUT2D eigenvalue weighted by Crippen LogP contribution is -2.24. The van der Waals surface area contributed by atoms with Crippen LogP contribution >= 0.6 is 0 Å². The van der Waals surface area contributed by atoms with Gasteiger partial charge in [0.05, 0.1) is 0 Å². The highest BCUT2D eigenvalue weighted by Crippen LogP contribution is 2.03. The summed E-state index contributed by atoms with van der Waals surface area (Å²) < 4.78 is 0. The molecule has 0 fully saturated rings. The highest BCUT2D eigenvalue weighted by atomic mass is 16.4. The minimum Gasteiger partial charge on any atom is -0.550 e. The summed E-state index contributed by atoms with van der Waals surface area (Å²) >= 11 is 0. The van der Waals surface area contributed by atoms with E-state index in [1.165, 1.54) is 0 Å². The van der Waals surface area contributed by atoms with Crippen molar-refractivity contribution in [3.63, 3.8) is 0 Å². The Morgan fingerprint density at radius 2 is 1.75 bits per heavy atom. The zero-order valence-electron chi connectivity index (χ0n) is 6.62. The fraction of sp³-hybridized carbons (Fsp3) is 0.222. The van der Waals surface area contributed by atoms with Gasteiger partial charge < -0.3 is 15.6 Å². The first kappa shape index (κ1) is 8.74. The number of carbonyl (C=O) groups is 1. The zero-order chi connectivity index (χ0) is 8.97. The van der Waals surface area contributed by atoms with Gasteiger partial charge in [-0.3, -0.25) is 0 Å². The summed E-state index contributed by atoms with van der Waals surface area (Å²) in [6, 6.07) is 7.13. The summed E-state index contributed by atoms with van der Waals surface area (Å²) in [7, 11) is 0. The van der Waals surface area contributed by atoms with Gasteiger partial charge >= 0.3 is 0 Å². The van der Waals surface area contributed by atoms with Crippen LogP contribution in [0.4, 0.5) is 0 Å². The number of nitrogens with two attached hydrogens (primary N) is 1. The molecule has 0 aromatic heterocycles. The van der Waals surface area contributed by atoms with Crippen LogP contribution in [0.3, 0.4) is 0 Å². The van der Waals surface area contributed by atoms with E-state index in [1.807, 2.05) is 12.1 Å². The van der Waals surface area contributed by atoms with Crippen LogP contribution < -0.4 is 10.8 Å². The molecule has 0 aliphatic rings. The van der Waals surface area contributed by atoms with Gasteiger partial charge in [0, 0.05) is 18.9 Å². The molecular formula is C9H10NO2-. The van der Waals surface area contributed by atoms with E-state index in [4.69, 9.17) is 5.73 Å². The molecule has 0 saturated carbocycles. The fourth-order valence-corrected chi connectivity index (χ4v) is 0.960. The lowest BCUT2D eigenvalue weighted by Gasteiger charge is -2.02. The molecule has 0 spiro atoms. The van der Waals surface area contributed by atoms with Gasteiger partial charge in [-0.2, -0.15) is 0 Å². The third-order valence-electron chi connectivity index (χ3n) is 1.61. The van der Waals surface area contributed by atoms with Gasteiger partial charge in [0.2, 0.25) is 0 Å². The van der Waals surface area contributed by atoms with E-state index in [9.17, 15) is 9.90 Å². The van der Waals surface area contributed by atoms with Gasteiger partial charge in [0.15, 0.2) is 0 Å². The lowest BCUT2D eigenvalue weighted by atomic mass is 10.1. The first-order valence-electron chi connectivity index (χ1n) is 3.70. The Balaban J connectivity index is 2.71. The molecule has 0 radical (unpaired) electrons. The Morgan fingerprint density at radius 3 is 2.17 bits per heavy atom. The Hall–Kier alpha value is -1.35. The average molecular weight is 164 g/mol. The van der Waals surface area contributed by atoms with Gasteiger partial charge in [0.1, 0.15) is 0 Å². The number of benzene rings is 1. The number of aliphatic carboxylic acids is 1. The Bertz CT molecular complexity index is 266. The first-order chi connectivity index (χ1) is 5.72. The average Bonchev–Trinajstić information content (AvgIpc) is 2.05. The molecule has 0 bridgehead atoms. The molecule has 3 nitrogen and oxygen atoms in total. The number of rotatable bonds is 3. The molecule has 0 amide bonds. The molecule has 1 aromatic rings. The molecule has 0 saturated heterocycles. The molecular weight excluding hydrogens is 154 g/mol. The van der Waals surface area contributed by atoms with Crippen molar-refractivity contribution in [3.05, 3.63) is 35.4 Å². The summed E-state index contributed by atoms with van der Waals surface area (Å²) in [5, 5.41) is 10.2. The molecule has 0 aliphatic heterocycles. The van der Waals surface area contributed by atoms with Crippen molar-refractivity contribution in [2.75, 3.05) is 0 Å². The van der Waals surface area contributed by atoms with Crippen LogP contribution in [-0.4, -0.2) is 5.97 Å². The van der Waals surface area contributed by atoms with E-state index in [2.05, 4.69) is 0 Å². The zero-order valence-corrected chi connectivity index (χ0v) is 6.62. The van der Waals surface area contributed by atoms with Crippen molar-refractivity contribution >= 4 is 5.97 Å². The predicted molar refractivity (Wildman–Crippen MR) is 43.0 cm³/mol. The number of hydrogen-bond acceptors (Lipinski definition) is 3. The van der Waals surface area contributed by atoms with E-state index in [-0.39, 0.29) is 6.42 Å². The van der Waals surface area contributed by atoms with Gasteiger partial charge in [-0.1, -0.05) is 24.3 Å². The molecule has 0 heterocycles. The maximum Gasteiger partial charge on any atom is 0.0458 e. The molecule has 0 atom stereocenters. The molecule has 64 valence electrons. The number of carboxylic acids is 1. The maximum absolute atomic E-state index is 10.2. The van der Waals surface area contributed by atoms with Gasteiger partial charge in [-0.25, -0.2) is 0 Å². The van der Waals surface area contributed by atoms with Crippen molar-refractivity contribution in [1.29, 1.82) is 0 Å². The van der Waals surface area contributed by atoms with Crippen LogP contribution in [0, 0.1) is 0 Å². The normalized spacial score (nSPS) is 9.75. The maximum atomic E-state index is 10.2. The summed E-state index contributed by atoms with van der Waals surface area (Å²) in [6.45, 7) is 0.478. The number of carbonyl (C=O) groups excluding carboxylic acids is 1. The summed E-state index contributed by atoms with van der Waals surface area (Å²) in [5.41, 5.74) is 7.11. The second-order valence-electron chi connectivity index (χ2n) is 2.57. The lowest BCUT2D eigenvalue weighted by molar-refractivity contribution is -0.304. The summed E-state index contributed by atoms with van der Waals surface area (Å²) in [4.78, 5) is 10.2. The molecule has 0 aliphatic carbocycles. The highest BCUT2D eigenvalue weighted by Gasteiger charge is 1.93. The third-order valence-corrected chi connectivity index (χ3v) is 1.61. The SMILES string of the molecule is NCc1ccc(CC(=O)[O-])cc1. The predicted octanol–water partition coefficient (Wildman–Crippen LogP) is -0.562. The first-order valence-corrected chi connectivity index (χ1v) is 3.70. The van der Waals surface area contributed by atoms with Crippen LogP contribution in [0.2, 0.25) is 0 Å². The second-order valence-corrected chi connectivity index (χ2v) is 2.57. The summed E-state index contributed by atoms with van der Waals surface area (Å²) in [5.74, 6) is -1.06. The minimum absolute atomic E-state index is 0.0369. The molecule has 2 N–H and O–H groups in total. The van der Waals surface area contributed by atoms with Crippen molar-refractivity contribution in [1.82, 2.24) is 0 Å². The van der Waals surface area contributed by atoms with Crippen LogP contribution in [0.15, 0.2) is 24.3 Å². The largest absolute Gasteiger partial charge is 0.550 e. The van der Waals surface area contributed by atoms with Crippen LogP contribution in [0.5, 0.6) is 0 Å². The van der Waals surface area contributed by atoms with E-state index in [1.54, 1.807) is 12.1 Å². The van der Waals surface area contributed by atoms with Crippen molar-refractivity contribution in [2.24, 2.45) is 5.73 Å². The Morgan fingerprint density at radius 1 is 1.25 bits per heavy atom. The molecule has 0 unspecified atom stereocenters. The standard InChI is InChI=1S/C9H11NO2/c10-6-8-3-1-7(2-4-8)5-9(11)12/h1-4H,5-6,10H2,(H,11,12)/p-1. The van der Waals surface area contributed by atoms with E-state index < -0.39 is 5.97 Å². The summed E-state index contributed by atoms with van der Waals surface area (Å²) in [6.07, 6.45) is -0.0369. The smallest absolute Gasteiger partial charge is 0.0458 e. The number of hydrogen-bond donors (Lipinski definition) is 1. The molecule has 12 heavy (non-hydrogen) atoms. The van der Waals surface area contributed by atoms with Crippen LogP contribution in [0.1, 0.15) is 11.1 Å². The molecule has 1 aromatic carbocycles. The highest BCUT2D eigenvalue weighted by molar-refractivity contribution is 5.67. The Kier molecular flexibility index (Phi) is 2.82. The monoisotopic (exact) mass is 164 g/mol. The topological polar surface area (TPSA) is 66.2 Å². The van der Waals surface area contributed by atoms with Crippen LogP contribution in [0.25, 0.3) is 0 Å². The number of carboxylic acid groups (broad SMARTS) is 1. The minimum atomic E-state index is -1.06. The van der Waals surface area contributed by atoms with Gasteiger partial charge in [0.25, 0.3) is 0 Å². The second kappa shape index (κ2) is 3.88. The Labute approximate surface area is 70.8 Å². The van der Waals surface area contributed by atoms with Gasteiger partial charge in [-0.05, 0) is 11.1 Å². The molecule has 3 heteroatoms. The fourth-order valence-electron chi connectivity index (χ4n) is 0.960. The van der Waals surface area contributed by atoms with Gasteiger partial charge in [-0.15, -0.1) is 0 Å². The van der Waals surface area contributed by atoms with Crippen molar-refractivity contribution < 1.29 is 9.90 Å². The van der Waals surface area contributed by atoms with E-state index in [0.29, 0.717) is 6.54 Å². The van der Waals surface area contributed by atoms with E-state index >= 15 is 0 Å². The molecule has 1 rings (SSSR count). The van der Waals surface area contributed by atoms with Crippen LogP contribution in [-0.2, 0) is 17.8 Å². The van der Waals surface area contributed by atoms with Crippen molar-refractivity contribution in [2.45, 2.75) is 13.0 Å².